The van der Waals surface area contributed by atoms with Gasteiger partial charge >= 0.3 is 0 Å². The van der Waals surface area contributed by atoms with Crippen molar-refractivity contribution in [2.24, 2.45) is 0 Å². The number of nitrogens with one attached hydrogen (secondary N) is 1. The lowest BCUT2D eigenvalue weighted by atomic mass is 10.2. The van der Waals surface area contributed by atoms with E-state index in [0.717, 1.165) is 24.3 Å². The van der Waals surface area contributed by atoms with Gasteiger partial charge in [0, 0.05) is 24.0 Å². The molecular weight excluding hydrogens is 264 g/mol. The number of likely N-dealkylation sites (N-methyl/N-ethyl adjacent to an activating group) is 1. The number of aryl methyl sites for hydroxylation is 1. The van der Waals surface area contributed by atoms with Crippen LogP contribution >= 0.6 is 0 Å². The summed E-state index contributed by atoms with van der Waals surface area (Å²) in [6.45, 7) is 4.41. The molecule has 1 unspecified atom stereocenters. The molecule has 1 aliphatic rings. The molecule has 1 aromatic carbocycles. The fourth-order valence-corrected chi connectivity index (χ4v) is 2.83. The molecular formula is C16H26N4O. The van der Waals surface area contributed by atoms with E-state index in [1.807, 2.05) is 25.1 Å². The van der Waals surface area contributed by atoms with Crippen molar-refractivity contribution >= 4 is 17.3 Å². The number of amides is 1. The Morgan fingerprint density at radius 1 is 1.48 bits per heavy atom. The van der Waals surface area contributed by atoms with Gasteiger partial charge in [-0.3, -0.25) is 9.69 Å². The van der Waals surface area contributed by atoms with Crippen LogP contribution in [0.1, 0.15) is 18.4 Å². The van der Waals surface area contributed by atoms with E-state index in [4.69, 9.17) is 5.73 Å². The highest BCUT2D eigenvalue weighted by molar-refractivity contribution is 5.92. The van der Waals surface area contributed by atoms with Crippen LogP contribution in [0.15, 0.2) is 18.2 Å². The first-order valence-electron chi connectivity index (χ1n) is 7.50. The maximum Gasteiger partial charge on any atom is 0.238 e. The van der Waals surface area contributed by atoms with Crippen molar-refractivity contribution in [2.45, 2.75) is 25.8 Å². The largest absolute Gasteiger partial charge is 0.398 e. The molecule has 21 heavy (non-hydrogen) atoms. The summed E-state index contributed by atoms with van der Waals surface area (Å²) < 4.78 is 0. The maximum atomic E-state index is 12.2. The summed E-state index contributed by atoms with van der Waals surface area (Å²) in [5.41, 5.74) is 8.37. The second kappa shape index (κ2) is 6.91. The highest BCUT2D eigenvalue weighted by Crippen LogP contribution is 2.19. The van der Waals surface area contributed by atoms with Gasteiger partial charge < -0.3 is 16.0 Å². The molecule has 0 bridgehead atoms. The summed E-state index contributed by atoms with van der Waals surface area (Å²) >= 11 is 0. The summed E-state index contributed by atoms with van der Waals surface area (Å²) in [7, 11) is 4.15. The number of nitrogens with zero attached hydrogens (tertiary/aromatic N) is 2. The average molecular weight is 290 g/mol. The zero-order chi connectivity index (χ0) is 15.4. The van der Waals surface area contributed by atoms with E-state index in [9.17, 15) is 4.79 Å². The number of carbonyl (C=O) groups is 1. The van der Waals surface area contributed by atoms with Crippen molar-refractivity contribution in [1.29, 1.82) is 0 Å². The van der Waals surface area contributed by atoms with Crippen LogP contribution < -0.4 is 11.1 Å². The highest BCUT2D eigenvalue weighted by atomic mass is 16.2. The number of rotatable bonds is 5. The van der Waals surface area contributed by atoms with Gasteiger partial charge in [0.1, 0.15) is 0 Å². The number of nitrogen functional groups attached to an aromatic ring is 1. The Morgan fingerprint density at radius 3 is 2.90 bits per heavy atom. The van der Waals surface area contributed by atoms with Crippen molar-refractivity contribution in [3.63, 3.8) is 0 Å². The van der Waals surface area contributed by atoms with Crippen LogP contribution in [-0.2, 0) is 4.79 Å². The molecule has 0 saturated carbocycles. The lowest BCUT2D eigenvalue weighted by Crippen LogP contribution is -2.41. The number of carbonyl (C=O) groups excluding carboxylic acids is 1. The van der Waals surface area contributed by atoms with E-state index in [1.54, 1.807) is 0 Å². The van der Waals surface area contributed by atoms with E-state index in [0.29, 0.717) is 18.3 Å². The third-order valence-corrected chi connectivity index (χ3v) is 3.98. The van der Waals surface area contributed by atoms with Crippen LogP contribution in [0.25, 0.3) is 0 Å². The lowest BCUT2D eigenvalue weighted by molar-refractivity contribution is -0.117. The third-order valence-electron chi connectivity index (χ3n) is 3.98. The van der Waals surface area contributed by atoms with E-state index in [-0.39, 0.29) is 5.91 Å². The Kier molecular flexibility index (Phi) is 5.20. The summed E-state index contributed by atoms with van der Waals surface area (Å²) in [6.07, 6.45) is 2.34. The number of hydrogen-bond donors (Lipinski definition) is 2. The molecule has 5 heteroatoms. The average Bonchev–Trinajstić information content (AvgIpc) is 2.80. The normalized spacial score (nSPS) is 19.1. The minimum absolute atomic E-state index is 0.0314. The first-order chi connectivity index (χ1) is 9.95. The van der Waals surface area contributed by atoms with Gasteiger partial charge in [-0.15, -0.1) is 0 Å². The van der Waals surface area contributed by atoms with Crippen molar-refractivity contribution < 1.29 is 4.79 Å². The first-order valence-corrected chi connectivity index (χ1v) is 7.50. The molecule has 116 valence electrons. The van der Waals surface area contributed by atoms with Crippen LogP contribution in [0.3, 0.4) is 0 Å². The standard InChI is InChI=1S/C16H26N4O/c1-12-6-7-13(9-15(12)17)18-16(21)11-20-8-4-5-14(20)10-19(2)3/h6-7,9,14H,4-5,8,10-11,17H2,1-3H3,(H,18,21). The Bertz CT molecular complexity index is 501. The molecule has 1 heterocycles. The SMILES string of the molecule is Cc1ccc(NC(=O)CN2CCCC2CN(C)C)cc1N. The molecule has 1 fully saturated rings. The van der Waals surface area contributed by atoms with E-state index in [1.165, 1.54) is 12.8 Å². The Hall–Kier alpha value is -1.59. The molecule has 1 amide bonds. The fraction of sp³-hybridized carbons (Fsp3) is 0.562. The predicted octanol–water partition coefficient (Wildman–Crippen LogP) is 1.54. The summed E-state index contributed by atoms with van der Waals surface area (Å²) in [6, 6.07) is 6.11. The molecule has 0 radical (unpaired) electrons. The second-order valence-corrected chi connectivity index (χ2v) is 6.15. The number of benzene rings is 1. The van der Waals surface area contributed by atoms with Crippen molar-refractivity contribution in [3.8, 4) is 0 Å². The van der Waals surface area contributed by atoms with Crippen LogP contribution in [0.2, 0.25) is 0 Å². The second-order valence-electron chi connectivity index (χ2n) is 6.15. The smallest absolute Gasteiger partial charge is 0.238 e. The van der Waals surface area contributed by atoms with Gasteiger partial charge in [0.15, 0.2) is 0 Å². The molecule has 0 spiro atoms. The summed E-state index contributed by atoms with van der Waals surface area (Å²) in [5.74, 6) is 0.0314. The molecule has 1 saturated heterocycles. The number of anilines is 2. The first kappa shape index (κ1) is 15.8. The third kappa shape index (κ3) is 4.44. The monoisotopic (exact) mass is 290 g/mol. The van der Waals surface area contributed by atoms with Crippen LogP contribution in [0.5, 0.6) is 0 Å². The predicted molar refractivity (Wildman–Crippen MR) is 87.4 cm³/mol. The number of hydrogen-bond acceptors (Lipinski definition) is 4. The molecule has 1 aliphatic heterocycles. The quantitative estimate of drug-likeness (QED) is 0.808. The van der Waals surface area contributed by atoms with Gasteiger partial charge in [-0.25, -0.2) is 0 Å². The minimum Gasteiger partial charge on any atom is -0.398 e. The Morgan fingerprint density at radius 2 is 2.24 bits per heavy atom. The number of likely N-dealkylation sites (tertiary alicyclic amines) is 1. The Labute approximate surface area is 127 Å². The van der Waals surface area contributed by atoms with Crippen LogP contribution in [0, 0.1) is 6.92 Å². The lowest BCUT2D eigenvalue weighted by Gasteiger charge is -2.26. The van der Waals surface area contributed by atoms with Crippen molar-refractivity contribution in [1.82, 2.24) is 9.80 Å². The molecule has 3 N–H and O–H groups in total. The minimum atomic E-state index is 0.0314. The van der Waals surface area contributed by atoms with Gasteiger partial charge in [0.25, 0.3) is 0 Å². The van der Waals surface area contributed by atoms with E-state index in [2.05, 4.69) is 29.2 Å². The van der Waals surface area contributed by atoms with Gasteiger partial charge in [0.2, 0.25) is 5.91 Å². The van der Waals surface area contributed by atoms with Crippen molar-refractivity contribution in [3.05, 3.63) is 23.8 Å². The van der Waals surface area contributed by atoms with Gasteiger partial charge in [0.05, 0.1) is 6.54 Å². The molecule has 1 atom stereocenters. The van der Waals surface area contributed by atoms with Gasteiger partial charge in [-0.05, 0) is 58.1 Å². The summed E-state index contributed by atoms with van der Waals surface area (Å²) in [4.78, 5) is 16.6. The molecule has 2 rings (SSSR count). The molecule has 1 aromatic rings. The number of nitrogens with two attached hydrogens (primary N) is 1. The van der Waals surface area contributed by atoms with Gasteiger partial charge in [-0.2, -0.15) is 0 Å². The summed E-state index contributed by atoms with van der Waals surface area (Å²) in [5, 5.41) is 2.94. The molecule has 5 nitrogen and oxygen atoms in total. The Balaban J connectivity index is 1.90. The maximum absolute atomic E-state index is 12.2. The van der Waals surface area contributed by atoms with Crippen LogP contribution in [0.4, 0.5) is 11.4 Å². The van der Waals surface area contributed by atoms with Crippen molar-refractivity contribution in [2.75, 3.05) is 44.8 Å². The topological polar surface area (TPSA) is 61.6 Å². The van der Waals surface area contributed by atoms with Crippen LogP contribution in [-0.4, -0.2) is 55.5 Å². The van der Waals surface area contributed by atoms with E-state index < -0.39 is 0 Å². The van der Waals surface area contributed by atoms with Gasteiger partial charge in [-0.1, -0.05) is 6.07 Å². The fourth-order valence-electron chi connectivity index (χ4n) is 2.83. The van der Waals surface area contributed by atoms with E-state index >= 15 is 0 Å². The highest BCUT2D eigenvalue weighted by Gasteiger charge is 2.26. The molecule has 0 aromatic heterocycles. The zero-order valence-corrected chi connectivity index (χ0v) is 13.2. The molecule has 0 aliphatic carbocycles. The zero-order valence-electron chi connectivity index (χ0n) is 13.2.